The van der Waals surface area contributed by atoms with Gasteiger partial charge in [0, 0.05) is 16.9 Å². The van der Waals surface area contributed by atoms with Gasteiger partial charge in [0.1, 0.15) is 5.75 Å². The van der Waals surface area contributed by atoms with Gasteiger partial charge in [-0.05, 0) is 35.9 Å². The smallest absolute Gasteiger partial charge is 0.126 e. The van der Waals surface area contributed by atoms with Gasteiger partial charge in [-0.25, -0.2) is 0 Å². The Morgan fingerprint density at radius 3 is 2.38 bits per heavy atom. The highest BCUT2D eigenvalue weighted by Gasteiger charge is 2.06. The van der Waals surface area contributed by atoms with Gasteiger partial charge in [0.15, 0.2) is 0 Å². The quantitative estimate of drug-likeness (QED) is 0.755. The van der Waals surface area contributed by atoms with Crippen LogP contribution in [0, 0.1) is 0 Å². The van der Waals surface area contributed by atoms with Crippen molar-refractivity contribution in [1.82, 2.24) is 0 Å². The number of ether oxygens (including phenoxy) is 1. The largest absolute Gasteiger partial charge is 0.496 e. The molecule has 4 N–H and O–H groups in total. The molecule has 0 spiro atoms. The molecular weight excluding hydrogens is 200 g/mol. The van der Waals surface area contributed by atoms with E-state index in [0.717, 1.165) is 22.6 Å². The highest BCUT2D eigenvalue weighted by Crippen LogP contribution is 2.32. The van der Waals surface area contributed by atoms with Crippen molar-refractivity contribution >= 4 is 11.4 Å². The van der Waals surface area contributed by atoms with Gasteiger partial charge in [0.25, 0.3) is 0 Å². The van der Waals surface area contributed by atoms with Crippen LogP contribution in [0.3, 0.4) is 0 Å². The fourth-order valence-corrected chi connectivity index (χ4v) is 1.66. The highest BCUT2D eigenvalue weighted by atomic mass is 16.5. The summed E-state index contributed by atoms with van der Waals surface area (Å²) in [4.78, 5) is 0. The molecule has 0 aromatic heterocycles. The molecule has 0 saturated carbocycles. The SMILES string of the molecule is COc1ccc(N)cc1-c1cccc(N)c1. The minimum absolute atomic E-state index is 0.707. The average Bonchev–Trinajstić information content (AvgIpc) is 2.29. The molecule has 2 aromatic carbocycles. The molecule has 82 valence electrons. The molecule has 0 bridgehead atoms. The van der Waals surface area contributed by atoms with Crippen molar-refractivity contribution in [2.75, 3.05) is 18.6 Å². The van der Waals surface area contributed by atoms with Gasteiger partial charge in [0.2, 0.25) is 0 Å². The lowest BCUT2D eigenvalue weighted by molar-refractivity contribution is 0.416. The van der Waals surface area contributed by atoms with Crippen LogP contribution in [0.15, 0.2) is 42.5 Å². The maximum atomic E-state index is 5.77. The van der Waals surface area contributed by atoms with Crippen molar-refractivity contribution in [3.63, 3.8) is 0 Å². The molecule has 0 atom stereocenters. The van der Waals surface area contributed by atoms with Crippen molar-refractivity contribution in [1.29, 1.82) is 0 Å². The molecule has 0 fully saturated rings. The van der Waals surface area contributed by atoms with Crippen molar-refractivity contribution in [3.05, 3.63) is 42.5 Å². The fourth-order valence-electron chi connectivity index (χ4n) is 1.66. The van der Waals surface area contributed by atoms with Gasteiger partial charge in [-0.2, -0.15) is 0 Å². The molecule has 3 heteroatoms. The molecule has 0 aliphatic rings. The Kier molecular flexibility index (Phi) is 2.68. The Hall–Kier alpha value is -2.16. The molecule has 0 amide bonds. The summed E-state index contributed by atoms with van der Waals surface area (Å²) in [6.07, 6.45) is 0. The van der Waals surface area contributed by atoms with Crippen molar-refractivity contribution < 1.29 is 4.74 Å². The Balaban J connectivity index is 2.58. The summed E-state index contributed by atoms with van der Waals surface area (Å²) in [7, 11) is 1.64. The topological polar surface area (TPSA) is 61.3 Å². The normalized spacial score (nSPS) is 10.1. The first-order valence-corrected chi connectivity index (χ1v) is 5.00. The fraction of sp³-hybridized carbons (Fsp3) is 0.0769. The predicted molar refractivity (Wildman–Crippen MR) is 67.3 cm³/mol. The van der Waals surface area contributed by atoms with Crippen LogP contribution < -0.4 is 16.2 Å². The number of nitrogens with two attached hydrogens (primary N) is 2. The standard InChI is InChI=1S/C13H14N2O/c1-16-13-6-5-11(15)8-12(13)9-3-2-4-10(14)7-9/h2-8H,14-15H2,1H3. The second-order valence-electron chi connectivity index (χ2n) is 3.59. The molecule has 2 rings (SSSR count). The van der Waals surface area contributed by atoms with Crippen molar-refractivity contribution in [3.8, 4) is 16.9 Å². The van der Waals surface area contributed by atoms with E-state index in [4.69, 9.17) is 16.2 Å². The summed E-state index contributed by atoms with van der Waals surface area (Å²) >= 11 is 0. The summed E-state index contributed by atoms with van der Waals surface area (Å²) in [5.74, 6) is 0.791. The first-order valence-electron chi connectivity index (χ1n) is 5.00. The van der Waals surface area contributed by atoms with Crippen LogP contribution in [0.4, 0.5) is 11.4 Å². The number of nitrogen functional groups attached to an aromatic ring is 2. The van der Waals surface area contributed by atoms with Gasteiger partial charge in [-0.3, -0.25) is 0 Å². The summed E-state index contributed by atoms with van der Waals surface area (Å²) in [5.41, 5.74) is 14.9. The van der Waals surface area contributed by atoms with Gasteiger partial charge in [0.05, 0.1) is 7.11 Å². The van der Waals surface area contributed by atoms with Gasteiger partial charge >= 0.3 is 0 Å². The van der Waals surface area contributed by atoms with E-state index in [0.29, 0.717) is 5.69 Å². The summed E-state index contributed by atoms with van der Waals surface area (Å²) in [6.45, 7) is 0. The summed E-state index contributed by atoms with van der Waals surface area (Å²) < 4.78 is 5.30. The highest BCUT2D eigenvalue weighted by molar-refractivity contribution is 5.75. The Bertz CT molecular complexity index is 509. The van der Waals surface area contributed by atoms with Crippen LogP contribution in [0.2, 0.25) is 0 Å². The third-order valence-corrected chi connectivity index (χ3v) is 2.42. The number of hydrogen-bond donors (Lipinski definition) is 2. The van der Waals surface area contributed by atoms with Crippen molar-refractivity contribution in [2.45, 2.75) is 0 Å². The molecule has 0 unspecified atom stereocenters. The van der Waals surface area contributed by atoms with Crippen LogP contribution in [0.1, 0.15) is 0 Å². The molecule has 2 aromatic rings. The number of anilines is 2. The molecular formula is C13H14N2O. The van der Waals surface area contributed by atoms with E-state index in [-0.39, 0.29) is 0 Å². The predicted octanol–water partition coefficient (Wildman–Crippen LogP) is 2.53. The number of rotatable bonds is 2. The summed E-state index contributed by atoms with van der Waals surface area (Å²) in [6, 6.07) is 13.2. The third kappa shape index (κ3) is 1.93. The van der Waals surface area contributed by atoms with Crippen LogP contribution in [-0.4, -0.2) is 7.11 Å². The molecule has 16 heavy (non-hydrogen) atoms. The number of methoxy groups -OCH3 is 1. The van der Waals surface area contributed by atoms with Gasteiger partial charge in [-0.15, -0.1) is 0 Å². The lowest BCUT2D eigenvalue weighted by Crippen LogP contribution is -1.92. The van der Waals surface area contributed by atoms with Crippen molar-refractivity contribution in [2.24, 2.45) is 0 Å². The minimum Gasteiger partial charge on any atom is -0.496 e. The van der Waals surface area contributed by atoms with Crippen LogP contribution >= 0.6 is 0 Å². The maximum absolute atomic E-state index is 5.77. The zero-order valence-corrected chi connectivity index (χ0v) is 9.10. The Labute approximate surface area is 94.6 Å². The van der Waals surface area contributed by atoms with E-state index in [1.54, 1.807) is 7.11 Å². The molecule has 0 radical (unpaired) electrons. The lowest BCUT2D eigenvalue weighted by atomic mass is 10.0. The molecule has 0 aliphatic heterocycles. The van der Waals surface area contributed by atoms with Crippen LogP contribution in [0.5, 0.6) is 5.75 Å². The molecule has 0 saturated heterocycles. The first-order chi connectivity index (χ1) is 7.70. The first kappa shape index (κ1) is 10.4. The molecule has 0 heterocycles. The zero-order chi connectivity index (χ0) is 11.5. The van der Waals surface area contributed by atoms with Gasteiger partial charge in [-0.1, -0.05) is 12.1 Å². The second kappa shape index (κ2) is 4.14. The van der Waals surface area contributed by atoms with Gasteiger partial charge < -0.3 is 16.2 Å². The van der Waals surface area contributed by atoms with Crippen LogP contribution in [0.25, 0.3) is 11.1 Å². The van der Waals surface area contributed by atoms with Crippen LogP contribution in [-0.2, 0) is 0 Å². The number of benzene rings is 2. The lowest BCUT2D eigenvalue weighted by Gasteiger charge is -2.09. The Morgan fingerprint density at radius 1 is 0.938 bits per heavy atom. The number of hydrogen-bond acceptors (Lipinski definition) is 3. The van der Waals surface area contributed by atoms with E-state index >= 15 is 0 Å². The van der Waals surface area contributed by atoms with E-state index in [1.165, 1.54) is 0 Å². The maximum Gasteiger partial charge on any atom is 0.126 e. The molecule has 0 aliphatic carbocycles. The van der Waals surface area contributed by atoms with E-state index in [2.05, 4.69) is 0 Å². The zero-order valence-electron chi connectivity index (χ0n) is 9.10. The summed E-state index contributed by atoms with van der Waals surface area (Å²) in [5, 5.41) is 0. The average molecular weight is 214 g/mol. The van der Waals surface area contributed by atoms with E-state index in [1.807, 2.05) is 42.5 Å². The monoisotopic (exact) mass is 214 g/mol. The second-order valence-corrected chi connectivity index (χ2v) is 3.59. The van der Waals surface area contributed by atoms with E-state index < -0.39 is 0 Å². The van der Waals surface area contributed by atoms with E-state index in [9.17, 15) is 0 Å². The molecule has 3 nitrogen and oxygen atoms in total. The minimum atomic E-state index is 0.707. The third-order valence-electron chi connectivity index (χ3n) is 2.42. The Morgan fingerprint density at radius 2 is 1.69 bits per heavy atom.